The molecule has 2 aromatic rings. The Morgan fingerprint density at radius 1 is 1.18 bits per heavy atom. The van der Waals surface area contributed by atoms with Crippen LogP contribution in [-0.4, -0.2) is 78.1 Å². The molecule has 2 fully saturated rings. The van der Waals surface area contributed by atoms with Crippen LogP contribution in [0.5, 0.6) is 0 Å². The molecule has 2 saturated heterocycles. The standard InChI is InChI=1S/C19H28N6O2S/c26-17(20-6-4-7-23-11-13-27-14-12-23)16-5-3-10-25(15-16)19-22-21-18(28-19)24-8-1-2-9-24/h1-2,8-9,16H,3-7,10-15H2,(H,20,26)/t16-/m0/s1. The zero-order valence-electron chi connectivity index (χ0n) is 16.1. The number of carbonyl (C=O) groups excluding carboxylic acids is 1. The van der Waals surface area contributed by atoms with Gasteiger partial charge in [-0.15, -0.1) is 10.2 Å². The number of ether oxygens (including phenoxy) is 1. The molecule has 0 aromatic carbocycles. The third-order valence-corrected chi connectivity index (χ3v) is 6.34. The number of hydrogen-bond donors (Lipinski definition) is 1. The van der Waals surface area contributed by atoms with Gasteiger partial charge in [-0.05, 0) is 37.9 Å². The average Bonchev–Trinajstić information content (AvgIpc) is 3.44. The van der Waals surface area contributed by atoms with Crippen LogP contribution in [0.1, 0.15) is 19.3 Å². The maximum Gasteiger partial charge on any atom is 0.224 e. The Kier molecular flexibility index (Phi) is 6.56. The third-order valence-electron chi connectivity index (χ3n) is 5.35. The van der Waals surface area contributed by atoms with Crippen LogP contribution in [0.3, 0.4) is 0 Å². The summed E-state index contributed by atoms with van der Waals surface area (Å²) >= 11 is 1.57. The van der Waals surface area contributed by atoms with Gasteiger partial charge in [-0.25, -0.2) is 0 Å². The van der Waals surface area contributed by atoms with Gasteiger partial charge in [0.15, 0.2) is 0 Å². The summed E-state index contributed by atoms with van der Waals surface area (Å²) in [5.41, 5.74) is 0. The van der Waals surface area contributed by atoms with E-state index in [4.69, 9.17) is 4.74 Å². The van der Waals surface area contributed by atoms with Gasteiger partial charge in [-0.3, -0.25) is 14.3 Å². The lowest BCUT2D eigenvalue weighted by Crippen LogP contribution is -2.44. The molecule has 1 amide bonds. The van der Waals surface area contributed by atoms with Crippen molar-refractivity contribution in [2.24, 2.45) is 5.92 Å². The third kappa shape index (κ3) is 4.89. The molecule has 0 bridgehead atoms. The van der Waals surface area contributed by atoms with Crippen molar-refractivity contribution in [1.82, 2.24) is 25.0 Å². The highest BCUT2D eigenvalue weighted by molar-refractivity contribution is 7.17. The first-order valence-corrected chi connectivity index (χ1v) is 10.9. The molecule has 1 N–H and O–H groups in total. The van der Waals surface area contributed by atoms with Crippen molar-refractivity contribution in [3.8, 4) is 5.13 Å². The molecule has 2 aliphatic heterocycles. The summed E-state index contributed by atoms with van der Waals surface area (Å²) in [4.78, 5) is 17.2. The van der Waals surface area contributed by atoms with E-state index >= 15 is 0 Å². The molecule has 0 radical (unpaired) electrons. The van der Waals surface area contributed by atoms with Crippen LogP contribution < -0.4 is 10.2 Å². The summed E-state index contributed by atoms with van der Waals surface area (Å²) in [6, 6.07) is 3.95. The fourth-order valence-electron chi connectivity index (χ4n) is 3.75. The number of carbonyl (C=O) groups is 1. The summed E-state index contributed by atoms with van der Waals surface area (Å²) in [5.74, 6) is 0.192. The second-order valence-corrected chi connectivity index (χ2v) is 8.28. The largest absolute Gasteiger partial charge is 0.379 e. The highest BCUT2D eigenvalue weighted by Crippen LogP contribution is 2.27. The minimum Gasteiger partial charge on any atom is -0.379 e. The molecule has 0 spiro atoms. The Balaban J connectivity index is 1.23. The van der Waals surface area contributed by atoms with E-state index in [0.717, 1.165) is 82.0 Å². The molecular formula is C19H28N6O2S. The van der Waals surface area contributed by atoms with Crippen LogP contribution in [0.25, 0.3) is 5.13 Å². The van der Waals surface area contributed by atoms with E-state index < -0.39 is 0 Å². The SMILES string of the molecule is O=C(NCCCN1CCOCC1)[C@H]1CCCN(c2nnc(-n3cccc3)s2)C1. The predicted octanol–water partition coefficient (Wildman–Crippen LogP) is 1.38. The summed E-state index contributed by atoms with van der Waals surface area (Å²) in [6.07, 6.45) is 6.86. The Morgan fingerprint density at radius 3 is 2.79 bits per heavy atom. The normalized spacial score (nSPS) is 21.0. The highest BCUT2D eigenvalue weighted by atomic mass is 32.1. The van der Waals surface area contributed by atoms with E-state index in [0.29, 0.717) is 0 Å². The summed E-state index contributed by atoms with van der Waals surface area (Å²) in [7, 11) is 0. The van der Waals surface area contributed by atoms with E-state index in [1.807, 2.05) is 29.1 Å². The maximum atomic E-state index is 12.6. The number of piperidine rings is 1. The lowest BCUT2D eigenvalue weighted by molar-refractivity contribution is -0.125. The number of hydrogen-bond acceptors (Lipinski definition) is 7. The van der Waals surface area contributed by atoms with Gasteiger partial charge in [-0.2, -0.15) is 0 Å². The lowest BCUT2D eigenvalue weighted by atomic mass is 9.97. The molecule has 8 nitrogen and oxygen atoms in total. The molecular weight excluding hydrogens is 376 g/mol. The van der Waals surface area contributed by atoms with Gasteiger partial charge >= 0.3 is 0 Å². The molecule has 0 aliphatic carbocycles. The lowest BCUT2D eigenvalue weighted by Gasteiger charge is -2.31. The average molecular weight is 405 g/mol. The van der Waals surface area contributed by atoms with Crippen molar-refractivity contribution in [3.63, 3.8) is 0 Å². The van der Waals surface area contributed by atoms with Gasteiger partial charge in [0.1, 0.15) is 0 Å². The monoisotopic (exact) mass is 404 g/mol. The minimum absolute atomic E-state index is 0.0241. The number of amides is 1. The molecule has 28 heavy (non-hydrogen) atoms. The fraction of sp³-hybridized carbons (Fsp3) is 0.632. The second kappa shape index (κ2) is 9.49. The van der Waals surface area contributed by atoms with Crippen molar-refractivity contribution in [1.29, 1.82) is 0 Å². The smallest absolute Gasteiger partial charge is 0.224 e. The number of aromatic nitrogens is 3. The zero-order valence-corrected chi connectivity index (χ0v) is 16.9. The number of anilines is 1. The molecule has 2 aromatic heterocycles. The van der Waals surface area contributed by atoms with Gasteiger partial charge < -0.3 is 15.0 Å². The Bertz CT molecular complexity index is 743. The summed E-state index contributed by atoms with van der Waals surface area (Å²) in [6.45, 7) is 7.05. The Hall–Kier alpha value is -1.97. The second-order valence-electron chi connectivity index (χ2n) is 7.34. The van der Waals surface area contributed by atoms with Gasteiger partial charge in [0.25, 0.3) is 0 Å². The zero-order chi connectivity index (χ0) is 19.2. The minimum atomic E-state index is 0.0241. The Morgan fingerprint density at radius 2 is 1.96 bits per heavy atom. The fourth-order valence-corrected chi connectivity index (χ4v) is 4.60. The van der Waals surface area contributed by atoms with Gasteiger partial charge in [0, 0.05) is 45.1 Å². The quantitative estimate of drug-likeness (QED) is 0.703. The molecule has 2 aliphatic rings. The van der Waals surface area contributed by atoms with Crippen LogP contribution in [0.4, 0.5) is 5.13 Å². The van der Waals surface area contributed by atoms with Crippen LogP contribution in [-0.2, 0) is 9.53 Å². The molecule has 1 atom stereocenters. The van der Waals surface area contributed by atoms with Crippen molar-refractivity contribution in [2.45, 2.75) is 19.3 Å². The van der Waals surface area contributed by atoms with Crippen molar-refractivity contribution < 1.29 is 9.53 Å². The maximum absolute atomic E-state index is 12.6. The number of nitrogens with zero attached hydrogens (tertiary/aromatic N) is 5. The number of rotatable bonds is 7. The molecule has 152 valence electrons. The van der Waals surface area contributed by atoms with Crippen molar-refractivity contribution in [3.05, 3.63) is 24.5 Å². The molecule has 4 heterocycles. The van der Waals surface area contributed by atoms with Crippen LogP contribution >= 0.6 is 11.3 Å². The first-order chi connectivity index (χ1) is 13.8. The van der Waals surface area contributed by atoms with Gasteiger partial charge in [0.05, 0.1) is 19.1 Å². The number of nitrogens with one attached hydrogen (secondary N) is 1. The Labute approximate surface area is 169 Å². The molecule has 9 heteroatoms. The van der Waals surface area contributed by atoms with Crippen molar-refractivity contribution in [2.75, 3.05) is 57.4 Å². The molecule has 0 unspecified atom stereocenters. The van der Waals surface area contributed by atoms with Crippen LogP contribution in [0.15, 0.2) is 24.5 Å². The first kappa shape index (κ1) is 19.4. The van der Waals surface area contributed by atoms with Crippen LogP contribution in [0, 0.1) is 5.92 Å². The van der Waals surface area contributed by atoms with Gasteiger partial charge in [-0.1, -0.05) is 11.3 Å². The van der Waals surface area contributed by atoms with E-state index in [9.17, 15) is 4.79 Å². The van der Waals surface area contributed by atoms with E-state index in [2.05, 4.69) is 25.3 Å². The topological polar surface area (TPSA) is 75.5 Å². The predicted molar refractivity (Wildman–Crippen MR) is 109 cm³/mol. The first-order valence-electron chi connectivity index (χ1n) is 10.1. The van der Waals surface area contributed by atoms with E-state index in [1.54, 1.807) is 11.3 Å². The molecule has 0 saturated carbocycles. The molecule has 4 rings (SSSR count). The highest BCUT2D eigenvalue weighted by Gasteiger charge is 2.27. The van der Waals surface area contributed by atoms with Crippen molar-refractivity contribution >= 4 is 22.4 Å². The summed E-state index contributed by atoms with van der Waals surface area (Å²) in [5, 5.41) is 13.5. The van der Waals surface area contributed by atoms with E-state index in [-0.39, 0.29) is 11.8 Å². The number of morpholine rings is 1. The van der Waals surface area contributed by atoms with E-state index in [1.165, 1.54) is 0 Å². The van der Waals surface area contributed by atoms with Gasteiger partial charge in [0.2, 0.25) is 16.2 Å². The van der Waals surface area contributed by atoms with Crippen LogP contribution in [0.2, 0.25) is 0 Å². The summed E-state index contributed by atoms with van der Waals surface area (Å²) < 4.78 is 7.33.